The van der Waals surface area contributed by atoms with Gasteiger partial charge in [-0.3, -0.25) is 14.7 Å². The first kappa shape index (κ1) is 56.1. The fourth-order valence-electron chi connectivity index (χ4n) is 7.62. The van der Waals surface area contributed by atoms with Gasteiger partial charge in [-0.05, 0) is 127 Å². The van der Waals surface area contributed by atoms with Gasteiger partial charge in [0.2, 0.25) is 0 Å². The van der Waals surface area contributed by atoms with Gasteiger partial charge in [0.15, 0.2) is 6.36 Å². The normalized spacial score (nSPS) is 24.6. The minimum Gasteiger partial charge on any atom is -0.342 e. The lowest BCUT2D eigenvalue weighted by molar-refractivity contribution is -0.137. The molecule has 6 heterocycles. The average Bonchev–Trinajstić information content (AvgIpc) is 3.48. The summed E-state index contributed by atoms with van der Waals surface area (Å²) >= 11 is 0. The highest BCUT2D eigenvalue weighted by Crippen LogP contribution is 2.30. The Bertz CT molecular complexity index is 1010. The molecule has 0 N–H and O–H groups in total. The molecule has 0 spiro atoms. The maximum absolute atomic E-state index is 12.6. The van der Waals surface area contributed by atoms with Crippen molar-refractivity contribution in [2.24, 2.45) is 29.1 Å². The molecule has 0 saturated carbocycles. The molecule has 6 aliphatic rings. The van der Waals surface area contributed by atoms with E-state index in [4.69, 9.17) is 10.00 Å². The van der Waals surface area contributed by atoms with Crippen molar-refractivity contribution in [3.8, 4) is 6.07 Å². The minimum absolute atomic E-state index is 0. The van der Waals surface area contributed by atoms with Crippen molar-refractivity contribution in [1.82, 2.24) is 29.4 Å². The highest BCUT2D eigenvalue weighted by Gasteiger charge is 2.35. The molecule has 0 aliphatic carbocycles. The number of halogens is 2. The molecule has 0 bridgehead atoms. The maximum atomic E-state index is 12.6. The smallest absolute Gasteiger partial charge is 0.196 e. The molecular formula is C47H97F2N7O. The van der Waals surface area contributed by atoms with Crippen LogP contribution in [0.1, 0.15) is 138 Å². The van der Waals surface area contributed by atoms with Gasteiger partial charge in [0.05, 0.1) is 18.1 Å². The number of nitrogens with zero attached hydrogens (tertiary/aromatic N) is 7. The molecule has 340 valence electrons. The molecular weight excluding hydrogens is 717 g/mol. The summed E-state index contributed by atoms with van der Waals surface area (Å²) < 4.78 is 29.8. The Hall–Kier alpha value is -0.930. The predicted molar refractivity (Wildman–Crippen MR) is 242 cm³/mol. The van der Waals surface area contributed by atoms with Crippen LogP contribution in [0.5, 0.6) is 0 Å². The van der Waals surface area contributed by atoms with Crippen LogP contribution in [0.3, 0.4) is 0 Å². The van der Waals surface area contributed by atoms with E-state index < -0.39 is 12.5 Å². The summed E-state index contributed by atoms with van der Waals surface area (Å²) in [5.74, 6) is 2.51. The van der Waals surface area contributed by atoms with Crippen LogP contribution >= 0.6 is 0 Å². The van der Waals surface area contributed by atoms with Gasteiger partial charge >= 0.3 is 0 Å². The second-order valence-corrected chi connectivity index (χ2v) is 20.5. The highest BCUT2D eigenvalue weighted by molar-refractivity contribution is 4.91. The Morgan fingerprint density at radius 1 is 0.544 bits per heavy atom. The summed E-state index contributed by atoms with van der Waals surface area (Å²) in [6.07, 6.45) is -0.545. The molecule has 8 nitrogen and oxygen atoms in total. The summed E-state index contributed by atoms with van der Waals surface area (Å²) in [5.41, 5.74) is 0.601. The van der Waals surface area contributed by atoms with Crippen molar-refractivity contribution < 1.29 is 13.5 Å². The number of alkyl halides is 2. The van der Waals surface area contributed by atoms with Crippen LogP contribution in [0.4, 0.5) is 8.78 Å². The molecule has 3 atom stereocenters. The lowest BCUT2D eigenvalue weighted by Crippen LogP contribution is -2.55. The lowest BCUT2D eigenvalue weighted by atomic mass is 9.83. The van der Waals surface area contributed by atoms with E-state index in [9.17, 15) is 8.78 Å². The monoisotopic (exact) mass is 814 g/mol. The quantitative estimate of drug-likeness (QED) is 0.229. The third-order valence-corrected chi connectivity index (χ3v) is 12.1. The van der Waals surface area contributed by atoms with Gasteiger partial charge in [0, 0.05) is 114 Å². The maximum Gasteiger partial charge on any atom is 0.196 e. The van der Waals surface area contributed by atoms with Crippen molar-refractivity contribution in [2.45, 2.75) is 193 Å². The first-order valence-corrected chi connectivity index (χ1v) is 22.6. The van der Waals surface area contributed by atoms with E-state index in [1.54, 1.807) is 6.92 Å². The van der Waals surface area contributed by atoms with Crippen LogP contribution in [0.25, 0.3) is 0 Å². The second kappa shape index (κ2) is 27.1. The van der Waals surface area contributed by atoms with Crippen LogP contribution < -0.4 is 0 Å². The number of hydrogen-bond acceptors (Lipinski definition) is 8. The van der Waals surface area contributed by atoms with Crippen LogP contribution in [-0.2, 0) is 4.74 Å². The summed E-state index contributed by atoms with van der Waals surface area (Å²) in [4.78, 5) is 14.4. The van der Waals surface area contributed by atoms with E-state index in [2.05, 4.69) is 146 Å². The largest absolute Gasteiger partial charge is 0.342 e. The number of rotatable bonds is 9. The summed E-state index contributed by atoms with van der Waals surface area (Å²) in [7, 11) is 0. The molecule has 0 radical (unpaired) electrons. The third kappa shape index (κ3) is 21.9. The van der Waals surface area contributed by atoms with Crippen molar-refractivity contribution in [2.75, 3.05) is 78.5 Å². The molecule has 6 rings (SSSR count). The SMILES string of the molecule is C.CC(C)N1CC(C)(C)C1.CC(C)N1CCC(C#N)C1.CC(F)C1CN(C(C)C)C1.CC(F)OC1CN(C(C)C)C1.CC1CN(C(C)C)C1.CC1CN(C(C)C)C1. The molecule has 0 aromatic rings. The Balaban J connectivity index is 0.000000660. The van der Waals surface area contributed by atoms with E-state index >= 15 is 0 Å². The average molecular weight is 814 g/mol. The molecule has 0 amide bonds. The Morgan fingerprint density at radius 2 is 0.895 bits per heavy atom. The van der Waals surface area contributed by atoms with Gasteiger partial charge in [-0.1, -0.05) is 35.1 Å². The summed E-state index contributed by atoms with van der Waals surface area (Å²) in [6, 6.07) is 6.36. The molecule has 3 unspecified atom stereocenters. The zero-order valence-electron chi connectivity index (χ0n) is 40.0. The van der Waals surface area contributed by atoms with Crippen LogP contribution in [-0.4, -0.2) is 163 Å². The summed E-state index contributed by atoms with van der Waals surface area (Å²) in [6.45, 7) is 52.4. The molecule has 6 aliphatic heterocycles. The topological polar surface area (TPSA) is 52.5 Å². The molecule has 6 saturated heterocycles. The van der Waals surface area contributed by atoms with Crippen molar-refractivity contribution in [1.29, 1.82) is 5.26 Å². The van der Waals surface area contributed by atoms with Gasteiger partial charge < -0.3 is 19.4 Å². The van der Waals surface area contributed by atoms with Gasteiger partial charge in [0.25, 0.3) is 0 Å². The van der Waals surface area contributed by atoms with Crippen molar-refractivity contribution in [3.63, 3.8) is 0 Å². The van der Waals surface area contributed by atoms with Gasteiger partial charge in [-0.2, -0.15) is 5.26 Å². The molecule has 0 aromatic heterocycles. The van der Waals surface area contributed by atoms with E-state index in [-0.39, 0.29) is 13.5 Å². The standard InChI is InChI=1S/C8H16FNO.C8H16FN.C8H14N2.C8H17N.2C7H15N.CH4/c1-6(2)10-4-8(5-10)11-7(3)9;1-6(2)10-4-8(5-10)7(3)9;1-7(2)10-4-3-8(5-9)6-10;1-7(2)9-5-8(3,4)6-9;2*1-6(2)8-4-7(3)5-8;/h6-8H,4-5H2,1-3H3;6-8H,4-5H2,1-3H3;7-8H,3-4,6H2,1-2H3;7H,5-6H2,1-4H3;2*6-7H,4-5H2,1-3H3;1H4. The third-order valence-electron chi connectivity index (χ3n) is 12.1. The molecule has 0 aromatic carbocycles. The Labute approximate surface area is 354 Å². The second-order valence-electron chi connectivity index (χ2n) is 20.5. The van der Waals surface area contributed by atoms with E-state index in [1.807, 2.05) is 0 Å². The number of ether oxygens (including phenoxy) is 1. The Kier molecular flexibility index (Phi) is 26.7. The van der Waals surface area contributed by atoms with Crippen LogP contribution in [0.2, 0.25) is 0 Å². The number of nitriles is 1. The minimum atomic E-state index is -1.12. The first-order valence-electron chi connectivity index (χ1n) is 22.6. The highest BCUT2D eigenvalue weighted by atomic mass is 19.1. The van der Waals surface area contributed by atoms with Gasteiger partial charge in [0.1, 0.15) is 6.17 Å². The van der Waals surface area contributed by atoms with E-state index in [0.29, 0.717) is 35.4 Å². The van der Waals surface area contributed by atoms with Crippen molar-refractivity contribution >= 4 is 0 Å². The number of likely N-dealkylation sites (tertiary alicyclic amines) is 6. The predicted octanol–water partition coefficient (Wildman–Crippen LogP) is 9.40. The fourth-order valence-corrected chi connectivity index (χ4v) is 7.62. The Morgan fingerprint density at radius 3 is 1.11 bits per heavy atom. The lowest BCUT2D eigenvalue weighted by Gasteiger charge is -2.48. The zero-order chi connectivity index (χ0) is 43.1. The van der Waals surface area contributed by atoms with E-state index in [0.717, 1.165) is 75.7 Å². The van der Waals surface area contributed by atoms with E-state index in [1.165, 1.54) is 46.2 Å². The molecule has 10 heteroatoms. The summed E-state index contributed by atoms with van der Waals surface area (Å²) in [5, 5.41) is 8.59. The number of hydrogen-bond donors (Lipinski definition) is 0. The van der Waals surface area contributed by atoms with Gasteiger partial charge in [-0.15, -0.1) is 0 Å². The molecule has 57 heavy (non-hydrogen) atoms. The van der Waals surface area contributed by atoms with Crippen LogP contribution in [0, 0.1) is 40.4 Å². The van der Waals surface area contributed by atoms with Crippen molar-refractivity contribution in [3.05, 3.63) is 0 Å². The molecule has 6 fully saturated rings. The zero-order valence-corrected chi connectivity index (χ0v) is 40.0. The fraction of sp³-hybridized carbons (Fsp3) is 0.979. The first-order chi connectivity index (χ1) is 25.8. The van der Waals surface area contributed by atoms with Gasteiger partial charge in [-0.25, -0.2) is 8.78 Å². The van der Waals surface area contributed by atoms with Crippen LogP contribution in [0.15, 0.2) is 0 Å².